The van der Waals surface area contributed by atoms with Gasteiger partial charge in [0.05, 0.1) is 24.3 Å². The van der Waals surface area contributed by atoms with Gasteiger partial charge in [-0.1, -0.05) is 37.3 Å². The molecule has 162 valence electrons. The Hall–Kier alpha value is -2.84. The van der Waals surface area contributed by atoms with E-state index in [4.69, 9.17) is 9.47 Å². The number of ether oxygens (including phenoxy) is 2. The monoisotopic (exact) mass is 457 g/mol. The molecule has 1 atom stereocenters. The van der Waals surface area contributed by atoms with Crippen molar-refractivity contribution in [3.8, 4) is 11.5 Å². The molecule has 1 aromatic heterocycles. The van der Waals surface area contributed by atoms with Crippen LogP contribution in [0.4, 0.5) is 5.69 Å². The van der Waals surface area contributed by atoms with Crippen LogP contribution in [-0.2, 0) is 14.6 Å². The van der Waals surface area contributed by atoms with Crippen molar-refractivity contribution in [3.63, 3.8) is 0 Å². The van der Waals surface area contributed by atoms with Crippen LogP contribution in [-0.4, -0.2) is 28.0 Å². The SMILES string of the molecule is CCCOc1c(OC)cccc1C1CC(=O)Nc2c(S(=O)(=O)c3ccccc3)csc21. The van der Waals surface area contributed by atoms with E-state index in [1.54, 1.807) is 42.8 Å². The number of nitrogens with one attached hydrogen (secondary N) is 1. The first kappa shape index (κ1) is 21.4. The van der Waals surface area contributed by atoms with Gasteiger partial charge < -0.3 is 14.8 Å². The number of carbonyl (C=O) groups is 1. The van der Waals surface area contributed by atoms with Gasteiger partial charge in [0.15, 0.2) is 11.5 Å². The minimum absolute atomic E-state index is 0.121. The van der Waals surface area contributed by atoms with Crippen LogP contribution in [0.2, 0.25) is 0 Å². The number of para-hydroxylation sites is 1. The zero-order valence-electron chi connectivity index (χ0n) is 17.3. The van der Waals surface area contributed by atoms with Crippen LogP contribution in [0.15, 0.2) is 63.7 Å². The van der Waals surface area contributed by atoms with Crippen LogP contribution in [0.1, 0.15) is 36.1 Å². The van der Waals surface area contributed by atoms with Gasteiger partial charge in [-0.25, -0.2) is 8.42 Å². The lowest BCUT2D eigenvalue weighted by atomic mass is 9.89. The molecule has 1 aliphatic heterocycles. The van der Waals surface area contributed by atoms with Gasteiger partial charge in [-0.15, -0.1) is 11.3 Å². The molecule has 1 unspecified atom stereocenters. The van der Waals surface area contributed by atoms with E-state index in [2.05, 4.69) is 5.32 Å². The molecule has 4 rings (SSSR count). The molecule has 0 saturated heterocycles. The van der Waals surface area contributed by atoms with Crippen molar-refractivity contribution in [2.24, 2.45) is 0 Å². The van der Waals surface area contributed by atoms with Gasteiger partial charge in [-0.2, -0.15) is 0 Å². The smallest absolute Gasteiger partial charge is 0.225 e. The molecule has 0 fully saturated rings. The zero-order chi connectivity index (χ0) is 22.0. The van der Waals surface area contributed by atoms with E-state index in [1.807, 2.05) is 25.1 Å². The Morgan fingerprint density at radius 1 is 1.13 bits per heavy atom. The van der Waals surface area contributed by atoms with Crippen LogP contribution in [0, 0.1) is 0 Å². The average molecular weight is 458 g/mol. The molecular formula is C23H23NO5S2. The maximum atomic E-state index is 13.2. The third kappa shape index (κ3) is 3.93. The number of anilines is 1. The van der Waals surface area contributed by atoms with Crippen molar-refractivity contribution in [2.75, 3.05) is 19.0 Å². The number of rotatable bonds is 7. The third-order valence-electron chi connectivity index (χ3n) is 5.15. The van der Waals surface area contributed by atoms with E-state index in [0.717, 1.165) is 16.9 Å². The molecule has 1 amide bonds. The Labute approximate surface area is 185 Å². The highest BCUT2D eigenvalue weighted by molar-refractivity contribution is 7.91. The largest absolute Gasteiger partial charge is 0.493 e. The number of methoxy groups -OCH3 is 1. The highest BCUT2D eigenvalue weighted by Crippen LogP contribution is 2.49. The summed E-state index contributed by atoms with van der Waals surface area (Å²) in [6, 6.07) is 13.8. The molecule has 0 aliphatic carbocycles. The first-order valence-corrected chi connectivity index (χ1v) is 12.3. The Bertz CT molecular complexity index is 1200. The minimum atomic E-state index is -3.76. The van der Waals surface area contributed by atoms with E-state index in [-0.39, 0.29) is 28.0 Å². The number of thiophene rings is 1. The molecule has 31 heavy (non-hydrogen) atoms. The van der Waals surface area contributed by atoms with Gasteiger partial charge in [-0.05, 0) is 24.6 Å². The van der Waals surface area contributed by atoms with Crippen molar-refractivity contribution < 1.29 is 22.7 Å². The van der Waals surface area contributed by atoms with E-state index in [1.165, 1.54) is 11.3 Å². The van der Waals surface area contributed by atoms with Gasteiger partial charge in [0.25, 0.3) is 0 Å². The quantitative estimate of drug-likeness (QED) is 0.548. The van der Waals surface area contributed by atoms with Crippen LogP contribution >= 0.6 is 11.3 Å². The maximum absolute atomic E-state index is 13.2. The molecule has 1 N–H and O–H groups in total. The summed E-state index contributed by atoms with van der Waals surface area (Å²) < 4.78 is 37.9. The summed E-state index contributed by atoms with van der Waals surface area (Å²) >= 11 is 1.33. The summed E-state index contributed by atoms with van der Waals surface area (Å²) in [4.78, 5) is 13.7. The average Bonchev–Trinajstić information content (AvgIpc) is 3.22. The van der Waals surface area contributed by atoms with Crippen molar-refractivity contribution in [3.05, 3.63) is 64.4 Å². The molecule has 8 heteroatoms. The summed E-state index contributed by atoms with van der Waals surface area (Å²) in [5.74, 6) is 0.630. The molecule has 2 aromatic carbocycles. The second-order valence-electron chi connectivity index (χ2n) is 7.19. The summed E-state index contributed by atoms with van der Waals surface area (Å²) in [5.41, 5.74) is 1.17. The highest BCUT2D eigenvalue weighted by atomic mass is 32.2. The maximum Gasteiger partial charge on any atom is 0.225 e. The molecule has 0 spiro atoms. The van der Waals surface area contributed by atoms with Crippen LogP contribution < -0.4 is 14.8 Å². The van der Waals surface area contributed by atoms with Crippen molar-refractivity contribution in [2.45, 2.75) is 35.5 Å². The number of amides is 1. The molecule has 2 heterocycles. The molecular weight excluding hydrogens is 434 g/mol. The summed E-state index contributed by atoms with van der Waals surface area (Å²) in [6.45, 7) is 2.53. The Morgan fingerprint density at radius 2 is 1.90 bits per heavy atom. The second kappa shape index (κ2) is 8.72. The fourth-order valence-electron chi connectivity index (χ4n) is 3.71. The van der Waals surface area contributed by atoms with E-state index in [0.29, 0.717) is 23.8 Å². The summed E-state index contributed by atoms with van der Waals surface area (Å²) in [7, 11) is -2.19. The van der Waals surface area contributed by atoms with Crippen molar-refractivity contribution >= 4 is 32.8 Å². The number of hydrogen-bond donors (Lipinski definition) is 1. The van der Waals surface area contributed by atoms with Gasteiger partial charge in [-0.3, -0.25) is 4.79 Å². The Morgan fingerprint density at radius 3 is 2.61 bits per heavy atom. The van der Waals surface area contributed by atoms with Crippen molar-refractivity contribution in [1.29, 1.82) is 0 Å². The number of hydrogen-bond acceptors (Lipinski definition) is 6. The molecule has 0 radical (unpaired) electrons. The molecule has 0 saturated carbocycles. The van der Waals surface area contributed by atoms with Crippen LogP contribution in [0.25, 0.3) is 0 Å². The third-order valence-corrected chi connectivity index (χ3v) is 8.19. The lowest BCUT2D eigenvalue weighted by Gasteiger charge is -2.26. The van der Waals surface area contributed by atoms with E-state index < -0.39 is 9.84 Å². The predicted octanol–water partition coefficient (Wildman–Crippen LogP) is 4.85. The molecule has 6 nitrogen and oxygen atoms in total. The predicted molar refractivity (Wildman–Crippen MR) is 120 cm³/mol. The normalized spacial score (nSPS) is 15.8. The fraction of sp³-hybridized carbons (Fsp3) is 0.261. The molecule has 1 aliphatic rings. The molecule has 0 bridgehead atoms. The fourth-order valence-corrected chi connectivity index (χ4v) is 6.63. The Kier molecular flexibility index (Phi) is 6.02. The summed E-state index contributed by atoms with van der Waals surface area (Å²) in [5, 5.41) is 4.41. The van der Waals surface area contributed by atoms with Gasteiger partial charge >= 0.3 is 0 Å². The lowest BCUT2D eigenvalue weighted by molar-refractivity contribution is -0.116. The van der Waals surface area contributed by atoms with E-state index >= 15 is 0 Å². The Balaban J connectivity index is 1.84. The number of benzene rings is 2. The van der Waals surface area contributed by atoms with Gasteiger partial charge in [0.2, 0.25) is 15.7 Å². The standard InChI is InChI=1S/C23H23NO5S2/c1-3-12-29-22-16(10-7-11-18(22)28-2)17-13-20(25)24-21-19(14-30-23(17)21)31(26,27)15-8-5-4-6-9-15/h4-11,14,17H,3,12-13H2,1-2H3,(H,24,25). The second-order valence-corrected chi connectivity index (χ2v) is 10.0. The first-order chi connectivity index (χ1) is 15.0. The highest BCUT2D eigenvalue weighted by Gasteiger charge is 2.36. The number of fused-ring (bicyclic) bond motifs is 1. The topological polar surface area (TPSA) is 81.7 Å². The zero-order valence-corrected chi connectivity index (χ0v) is 18.9. The summed E-state index contributed by atoms with van der Waals surface area (Å²) in [6.07, 6.45) is 1.03. The number of sulfone groups is 1. The van der Waals surface area contributed by atoms with Gasteiger partial charge in [0, 0.05) is 28.2 Å². The van der Waals surface area contributed by atoms with E-state index in [9.17, 15) is 13.2 Å². The van der Waals surface area contributed by atoms with Crippen LogP contribution in [0.5, 0.6) is 11.5 Å². The van der Waals surface area contributed by atoms with Gasteiger partial charge in [0.1, 0.15) is 4.90 Å². The van der Waals surface area contributed by atoms with Crippen LogP contribution in [0.3, 0.4) is 0 Å². The number of carbonyl (C=O) groups excluding carboxylic acids is 1. The minimum Gasteiger partial charge on any atom is -0.493 e. The first-order valence-electron chi connectivity index (χ1n) is 9.98. The van der Waals surface area contributed by atoms with Crippen molar-refractivity contribution in [1.82, 2.24) is 0 Å². The lowest BCUT2D eigenvalue weighted by Crippen LogP contribution is -2.24. The molecule has 3 aromatic rings.